The van der Waals surface area contributed by atoms with Crippen LogP contribution in [0, 0.1) is 11.6 Å². The van der Waals surface area contributed by atoms with Crippen LogP contribution in [-0.2, 0) is 0 Å². The van der Waals surface area contributed by atoms with E-state index in [1.807, 2.05) is 0 Å². The first-order valence-corrected chi connectivity index (χ1v) is 9.36. The molecule has 30 heavy (non-hydrogen) atoms. The molecule has 0 N–H and O–H groups in total. The molecule has 1 aromatic carbocycles. The summed E-state index contributed by atoms with van der Waals surface area (Å²) in [6, 6.07) is 8.10. The predicted octanol–water partition coefficient (Wildman–Crippen LogP) is 2.79. The highest BCUT2D eigenvalue weighted by atomic mass is 19.1. The Morgan fingerprint density at radius 3 is 2.43 bits per heavy atom. The standard InChI is InChI=1S/C21H19F2N5O2/c1-30-17-4-2-14(3-5-17)19-18(23)20(26-13-25-19)27-6-8-28(9-7-27)21(29)15-10-16(22)12-24-11-15/h2-5,10-13H,6-9H2,1H3. The van der Waals surface area contributed by atoms with Gasteiger partial charge in [-0.05, 0) is 30.3 Å². The molecule has 0 unspecified atom stereocenters. The molecule has 1 aliphatic heterocycles. The summed E-state index contributed by atoms with van der Waals surface area (Å²) in [5.41, 5.74) is 1.01. The molecule has 1 saturated heterocycles. The summed E-state index contributed by atoms with van der Waals surface area (Å²) < 4.78 is 33.6. The van der Waals surface area contributed by atoms with Gasteiger partial charge in [0.25, 0.3) is 5.91 Å². The second kappa shape index (κ2) is 8.40. The highest BCUT2D eigenvalue weighted by Crippen LogP contribution is 2.28. The minimum atomic E-state index is -0.561. The molecule has 0 radical (unpaired) electrons. The van der Waals surface area contributed by atoms with Gasteiger partial charge in [0.15, 0.2) is 11.6 Å². The number of pyridine rings is 1. The normalized spacial score (nSPS) is 14.0. The number of halogens is 2. The molecule has 154 valence electrons. The monoisotopic (exact) mass is 411 g/mol. The molecule has 0 atom stereocenters. The van der Waals surface area contributed by atoms with Crippen molar-refractivity contribution >= 4 is 11.7 Å². The van der Waals surface area contributed by atoms with Crippen LogP contribution >= 0.6 is 0 Å². The average Bonchev–Trinajstić information content (AvgIpc) is 2.79. The van der Waals surface area contributed by atoms with E-state index in [1.165, 1.54) is 12.5 Å². The Hall–Kier alpha value is -3.62. The first kappa shape index (κ1) is 19.7. The highest BCUT2D eigenvalue weighted by molar-refractivity contribution is 5.94. The van der Waals surface area contributed by atoms with E-state index in [0.717, 1.165) is 12.3 Å². The van der Waals surface area contributed by atoms with Crippen molar-refractivity contribution in [3.8, 4) is 17.0 Å². The van der Waals surface area contributed by atoms with Crippen molar-refractivity contribution < 1.29 is 18.3 Å². The summed E-state index contributed by atoms with van der Waals surface area (Å²) in [5, 5.41) is 0. The van der Waals surface area contributed by atoms with Gasteiger partial charge in [-0.15, -0.1) is 0 Å². The number of amides is 1. The minimum Gasteiger partial charge on any atom is -0.497 e. The number of rotatable bonds is 4. The van der Waals surface area contributed by atoms with Crippen LogP contribution in [0.4, 0.5) is 14.6 Å². The van der Waals surface area contributed by atoms with Gasteiger partial charge in [-0.3, -0.25) is 9.78 Å². The summed E-state index contributed by atoms with van der Waals surface area (Å²) >= 11 is 0. The molecule has 0 saturated carbocycles. The summed E-state index contributed by atoms with van der Waals surface area (Å²) in [5.74, 6) is -0.521. The second-order valence-electron chi connectivity index (χ2n) is 6.76. The van der Waals surface area contributed by atoms with Crippen LogP contribution in [0.3, 0.4) is 0 Å². The summed E-state index contributed by atoms with van der Waals surface area (Å²) in [6.45, 7) is 1.50. The third kappa shape index (κ3) is 3.91. The SMILES string of the molecule is COc1ccc(-c2ncnc(N3CCN(C(=O)c4cncc(F)c4)CC3)c2F)cc1. The molecule has 3 heterocycles. The van der Waals surface area contributed by atoms with Gasteiger partial charge >= 0.3 is 0 Å². The van der Waals surface area contributed by atoms with Crippen LogP contribution < -0.4 is 9.64 Å². The van der Waals surface area contributed by atoms with Gasteiger partial charge in [0.2, 0.25) is 0 Å². The Bertz CT molecular complexity index is 1050. The van der Waals surface area contributed by atoms with Crippen molar-refractivity contribution in [1.29, 1.82) is 0 Å². The topological polar surface area (TPSA) is 71.5 Å². The zero-order chi connectivity index (χ0) is 21.1. The quantitative estimate of drug-likeness (QED) is 0.658. The summed E-state index contributed by atoms with van der Waals surface area (Å²) in [7, 11) is 1.56. The van der Waals surface area contributed by atoms with Crippen LogP contribution in [0.2, 0.25) is 0 Å². The average molecular weight is 411 g/mol. The van der Waals surface area contributed by atoms with Gasteiger partial charge in [0.1, 0.15) is 23.6 Å². The lowest BCUT2D eigenvalue weighted by Gasteiger charge is -2.35. The number of piperazine rings is 1. The van der Waals surface area contributed by atoms with E-state index in [9.17, 15) is 9.18 Å². The smallest absolute Gasteiger partial charge is 0.255 e. The molecule has 2 aromatic heterocycles. The Balaban J connectivity index is 1.49. The number of anilines is 1. The molecular weight excluding hydrogens is 392 g/mol. The molecule has 1 fully saturated rings. The molecule has 0 spiro atoms. The maximum Gasteiger partial charge on any atom is 0.255 e. The number of ether oxygens (including phenoxy) is 1. The van der Waals surface area contributed by atoms with Crippen molar-refractivity contribution in [1.82, 2.24) is 19.9 Å². The lowest BCUT2D eigenvalue weighted by atomic mass is 10.1. The molecule has 1 amide bonds. The largest absolute Gasteiger partial charge is 0.497 e. The van der Waals surface area contributed by atoms with Gasteiger partial charge in [0, 0.05) is 37.9 Å². The fraction of sp³-hybridized carbons (Fsp3) is 0.238. The molecule has 9 heteroatoms. The highest BCUT2D eigenvalue weighted by Gasteiger charge is 2.26. The third-order valence-electron chi connectivity index (χ3n) is 4.95. The van der Waals surface area contributed by atoms with E-state index in [4.69, 9.17) is 4.74 Å². The fourth-order valence-corrected chi connectivity index (χ4v) is 3.36. The van der Waals surface area contributed by atoms with Crippen molar-refractivity contribution in [3.05, 3.63) is 66.3 Å². The summed E-state index contributed by atoms with van der Waals surface area (Å²) in [4.78, 5) is 27.8. The Kier molecular flexibility index (Phi) is 5.51. The van der Waals surface area contributed by atoms with Crippen molar-refractivity contribution in [2.45, 2.75) is 0 Å². The first-order chi connectivity index (χ1) is 14.6. The molecule has 4 rings (SSSR count). The molecule has 7 nitrogen and oxygen atoms in total. The van der Waals surface area contributed by atoms with Crippen LogP contribution in [-0.4, -0.2) is 59.0 Å². The lowest BCUT2D eigenvalue weighted by Crippen LogP contribution is -2.49. The van der Waals surface area contributed by atoms with Crippen LogP contribution in [0.15, 0.2) is 49.1 Å². The number of hydrogen-bond donors (Lipinski definition) is 0. The Morgan fingerprint density at radius 2 is 1.77 bits per heavy atom. The maximum atomic E-state index is 15.2. The Labute approximate surface area is 172 Å². The van der Waals surface area contributed by atoms with Gasteiger partial charge < -0.3 is 14.5 Å². The fourth-order valence-electron chi connectivity index (χ4n) is 3.36. The number of benzene rings is 1. The maximum absolute atomic E-state index is 15.2. The molecule has 1 aliphatic rings. The summed E-state index contributed by atoms with van der Waals surface area (Å²) in [6.07, 6.45) is 3.71. The van der Waals surface area contributed by atoms with Crippen LogP contribution in [0.25, 0.3) is 11.3 Å². The molecular formula is C21H19F2N5O2. The van der Waals surface area contributed by atoms with Gasteiger partial charge in [-0.25, -0.2) is 18.7 Å². The van der Waals surface area contributed by atoms with E-state index >= 15 is 4.39 Å². The lowest BCUT2D eigenvalue weighted by molar-refractivity contribution is 0.0745. The number of carbonyl (C=O) groups excluding carboxylic acids is 1. The number of nitrogens with zero attached hydrogens (tertiary/aromatic N) is 5. The van der Waals surface area contributed by atoms with E-state index in [0.29, 0.717) is 37.5 Å². The molecule has 3 aromatic rings. The van der Waals surface area contributed by atoms with E-state index in [2.05, 4.69) is 15.0 Å². The van der Waals surface area contributed by atoms with E-state index in [-0.39, 0.29) is 23.0 Å². The number of hydrogen-bond acceptors (Lipinski definition) is 6. The number of carbonyl (C=O) groups is 1. The minimum absolute atomic E-state index is 0.190. The second-order valence-corrected chi connectivity index (χ2v) is 6.76. The van der Waals surface area contributed by atoms with Crippen LogP contribution in [0.1, 0.15) is 10.4 Å². The van der Waals surface area contributed by atoms with Crippen LogP contribution in [0.5, 0.6) is 5.75 Å². The predicted molar refractivity (Wildman–Crippen MR) is 106 cm³/mol. The Morgan fingerprint density at radius 1 is 1.03 bits per heavy atom. The number of aromatic nitrogens is 3. The van der Waals surface area contributed by atoms with Crippen molar-refractivity contribution in [2.24, 2.45) is 0 Å². The van der Waals surface area contributed by atoms with Gasteiger partial charge in [-0.2, -0.15) is 0 Å². The zero-order valence-corrected chi connectivity index (χ0v) is 16.3. The molecule has 0 bridgehead atoms. The third-order valence-corrected chi connectivity index (χ3v) is 4.95. The van der Waals surface area contributed by atoms with E-state index < -0.39 is 11.6 Å². The van der Waals surface area contributed by atoms with Crippen molar-refractivity contribution in [3.63, 3.8) is 0 Å². The van der Waals surface area contributed by atoms with Gasteiger partial charge in [0.05, 0.1) is 18.9 Å². The first-order valence-electron chi connectivity index (χ1n) is 9.36. The molecule has 0 aliphatic carbocycles. The van der Waals surface area contributed by atoms with Crippen molar-refractivity contribution in [2.75, 3.05) is 38.2 Å². The number of methoxy groups -OCH3 is 1. The zero-order valence-electron chi connectivity index (χ0n) is 16.3. The van der Waals surface area contributed by atoms with Gasteiger partial charge in [-0.1, -0.05) is 0 Å². The van der Waals surface area contributed by atoms with E-state index in [1.54, 1.807) is 41.2 Å².